The van der Waals surface area contributed by atoms with E-state index in [4.69, 9.17) is 5.73 Å². The monoisotopic (exact) mass is 343 g/mol. The van der Waals surface area contributed by atoms with Crippen molar-refractivity contribution in [3.63, 3.8) is 0 Å². The number of aromatic nitrogens is 1. The highest BCUT2D eigenvalue weighted by atomic mass is 32.2. The van der Waals surface area contributed by atoms with Gasteiger partial charge in [0.1, 0.15) is 9.90 Å². The molecule has 21 heavy (non-hydrogen) atoms. The van der Waals surface area contributed by atoms with Crippen molar-refractivity contribution in [2.24, 2.45) is 0 Å². The van der Waals surface area contributed by atoms with Gasteiger partial charge in [0.05, 0.1) is 11.8 Å². The van der Waals surface area contributed by atoms with Crippen LogP contribution in [0.25, 0.3) is 0 Å². The van der Waals surface area contributed by atoms with E-state index in [1.165, 1.54) is 10.4 Å². The first kappa shape index (κ1) is 14.8. The van der Waals surface area contributed by atoms with Crippen molar-refractivity contribution in [1.29, 1.82) is 0 Å². The molecule has 1 aliphatic rings. The number of nitrogens with two attached hydrogens (primary N) is 1. The van der Waals surface area contributed by atoms with Gasteiger partial charge in [-0.3, -0.25) is 0 Å². The van der Waals surface area contributed by atoms with Crippen LogP contribution >= 0.6 is 22.9 Å². The summed E-state index contributed by atoms with van der Waals surface area (Å²) in [5.74, 6) is 0.122. The number of nitrogens with one attached hydrogen (secondary N) is 1. The van der Waals surface area contributed by atoms with E-state index in [1.54, 1.807) is 11.3 Å². The van der Waals surface area contributed by atoms with E-state index < -0.39 is 9.84 Å². The summed E-state index contributed by atoms with van der Waals surface area (Å²) in [6.07, 6.45) is 2.42. The second-order valence-corrected chi connectivity index (χ2v) is 8.99. The number of nitrogens with zero attached hydrogens (tertiary/aromatic N) is 1. The van der Waals surface area contributed by atoms with E-state index in [2.05, 4.69) is 28.1 Å². The Balaban J connectivity index is 1.84. The highest BCUT2D eigenvalue weighted by Crippen LogP contribution is 2.41. The Morgan fingerprint density at radius 3 is 2.90 bits per heavy atom. The van der Waals surface area contributed by atoms with Gasteiger partial charge in [0.2, 0.25) is 0 Å². The summed E-state index contributed by atoms with van der Waals surface area (Å²) in [6.45, 7) is 2.72. The third-order valence-corrected chi connectivity index (χ3v) is 7.79. The lowest BCUT2D eigenvalue weighted by molar-refractivity contribution is 0.595. The van der Waals surface area contributed by atoms with Gasteiger partial charge in [-0.15, -0.1) is 11.3 Å². The van der Waals surface area contributed by atoms with Crippen LogP contribution in [0.4, 0.5) is 10.8 Å². The lowest BCUT2D eigenvalue weighted by Crippen LogP contribution is -2.11. The molecule has 5 nitrogen and oxygen atoms in total. The van der Waals surface area contributed by atoms with Gasteiger partial charge in [0.25, 0.3) is 0 Å². The molecule has 0 atom stereocenters. The van der Waals surface area contributed by atoms with Gasteiger partial charge in [-0.05, 0) is 47.8 Å². The second kappa shape index (κ2) is 5.58. The van der Waals surface area contributed by atoms with Crippen LogP contribution in [0.5, 0.6) is 0 Å². The highest BCUT2D eigenvalue weighted by Gasteiger charge is 2.40. The van der Waals surface area contributed by atoms with Gasteiger partial charge in [-0.1, -0.05) is 6.92 Å². The fourth-order valence-corrected chi connectivity index (χ4v) is 6.02. The van der Waals surface area contributed by atoms with E-state index in [0.717, 1.165) is 30.8 Å². The zero-order valence-electron chi connectivity index (χ0n) is 11.6. The van der Waals surface area contributed by atoms with Crippen LogP contribution in [0.1, 0.15) is 30.2 Å². The smallest absolute Gasteiger partial charge is 0.187 e. The first-order valence-corrected chi connectivity index (χ1v) is 10.0. The number of nitrogen functional groups attached to an aromatic ring is 1. The standard InChI is InChI=1S/C13H17N3O2S3/c1-2-8-5-6-19-10(8)7-15-13-11(12(14)16-20-13)21(17,18)9-3-4-9/h5-6,9,15H,2-4,7H2,1H3,(H2,14,16). The summed E-state index contributed by atoms with van der Waals surface area (Å²) in [5, 5.41) is 5.55. The number of thiophene rings is 1. The predicted molar refractivity (Wildman–Crippen MR) is 87.8 cm³/mol. The summed E-state index contributed by atoms with van der Waals surface area (Å²) < 4.78 is 28.9. The molecular formula is C13H17N3O2S3. The zero-order valence-corrected chi connectivity index (χ0v) is 14.1. The Kier molecular flexibility index (Phi) is 3.94. The van der Waals surface area contributed by atoms with Crippen LogP contribution in [0, 0.1) is 0 Å². The van der Waals surface area contributed by atoms with E-state index in [9.17, 15) is 8.42 Å². The van der Waals surface area contributed by atoms with Gasteiger partial charge >= 0.3 is 0 Å². The first-order valence-electron chi connectivity index (χ1n) is 6.82. The van der Waals surface area contributed by atoms with Crippen molar-refractivity contribution in [2.45, 2.75) is 42.9 Å². The van der Waals surface area contributed by atoms with Crippen LogP contribution in [0.15, 0.2) is 16.3 Å². The van der Waals surface area contributed by atoms with E-state index in [0.29, 0.717) is 11.5 Å². The molecule has 1 fully saturated rings. The van der Waals surface area contributed by atoms with Crippen molar-refractivity contribution in [2.75, 3.05) is 11.1 Å². The average molecular weight is 343 g/mol. The third-order valence-electron chi connectivity index (χ3n) is 3.55. The van der Waals surface area contributed by atoms with Crippen molar-refractivity contribution in [3.8, 4) is 0 Å². The Labute approximate surface area is 132 Å². The predicted octanol–water partition coefficient (Wildman–Crippen LogP) is 2.90. The van der Waals surface area contributed by atoms with Crippen LogP contribution in [0.2, 0.25) is 0 Å². The number of sulfone groups is 1. The minimum absolute atomic E-state index is 0.122. The molecular weight excluding hydrogens is 326 g/mol. The van der Waals surface area contributed by atoms with Crippen LogP contribution in [-0.2, 0) is 22.8 Å². The largest absolute Gasteiger partial charge is 0.382 e. The molecule has 0 amide bonds. The SMILES string of the molecule is CCc1ccsc1CNc1snc(N)c1S(=O)(=O)C1CC1. The summed E-state index contributed by atoms with van der Waals surface area (Å²) >= 11 is 2.80. The van der Waals surface area contributed by atoms with Crippen molar-refractivity contribution in [3.05, 3.63) is 21.9 Å². The minimum Gasteiger partial charge on any atom is -0.382 e. The van der Waals surface area contributed by atoms with Gasteiger partial charge in [-0.2, -0.15) is 4.37 Å². The normalized spacial score (nSPS) is 15.3. The zero-order chi connectivity index (χ0) is 15.0. The molecule has 114 valence electrons. The number of aryl methyl sites for hydroxylation is 1. The van der Waals surface area contributed by atoms with Gasteiger partial charge in [0.15, 0.2) is 15.7 Å². The Morgan fingerprint density at radius 1 is 1.48 bits per heavy atom. The Hall–Kier alpha value is -1.12. The lowest BCUT2D eigenvalue weighted by atomic mass is 10.2. The maximum Gasteiger partial charge on any atom is 0.187 e. The van der Waals surface area contributed by atoms with Crippen LogP contribution in [-0.4, -0.2) is 18.0 Å². The molecule has 1 aliphatic carbocycles. The van der Waals surface area contributed by atoms with Crippen molar-refractivity contribution in [1.82, 2.24) is 4.37 Å². The molecule has 0 aliphatic heterocycles. The highest BCUT2D eigenvalue weighted by molar-refractivity contribution is 7.92. The molecule has 0 radical (unpaired) electrons. The molecule has 0 unspecified atom stereocenters. The number of anilines is 2. The lowest BCUT2D eigenvalue weighted by Gasteiger charge is -2.08. The number of hydrogen-bond acceptors (Lipinski definition) is 7. The van der Waals surface area contributed by atoms with Gasteiger partial charge < -0.3 is 11.1 Å². The molecule has 2 heterocycles. The maximum absolute atomic E-state index is 12.4. The maximum atomic E-state index is 12.4. The summed E-state index contributed by atoms with van der Waals surface area (Å²) in [5.41, 5.74) is 7.07. The molecule has 3 N–H and O–H groups in total. The first-order chi connectivity index (χ1) is 10.0. The molecule has 1 saturated carbocycles. The summed E-state index contributed by atoms with van der Waals surface area (Å²) in [4.78, 5) is 1.42. The topological polar surface area (TPSA) is 85.1 Å². The summed E-state index contributed by atoms with van der Waals surface area (Å²) in [6, 6.07) is 2.10. The quantitative estimate of drug-likeness (QED) is 0.842. The van der Waals surface area contributed by atoms with Crippen molar-refractivity contribution >= 4 is 43.5 Å². The summed E-state index contributed by atoms with van der Waals surface area (Å²) in [7, 11) is -3.33. The second-order valence-electron chi connectivity index (χ2n) is 5.05. The average Bonchev–Trinajstić information content (AvgIpc) is 3.11. The Morgan fingerprint density at radius 2 is 2.24 bits per heavy atom. The van der Waals surface area contributed by atoms with Crippen LogP contribution < -0.4 is 11.1 Å². The fraction of sp³-hybridized carbons (Fsp3) is 0.462. The number of hydrogen-bond donors (Lipinski definition) is 2. The van der Waals surface area contributed by atoms with Crippen molar-refractivity contribution < 1.29 is 8.42 Å². The molecule has 2 aromatic heterocycles. The van der Waals surface area contributed by atoms with E-state index in [-0.39, 0.29) is 16.0 Å². The molecule has 3 rings (SSSR count). The molecule has 8 heteroatoms. The molecule has 0 aromatic carbocycles. The van der Waals surface area contributed by atoms with E-state index in [1.807, 2.05) is 0 Å². The number of rotatable bonds is 6. The van der Waals surface area contributed by atoms with E-state index >= 15 is 0 Å². The molecule has 0 bridgehead atoms. The van der Waals surface area contributed by atoms with Crippen LogP contribution in [0.3, 0.4) is 0 Å². The Bertz CT molecular complexity index is 745. The minimum atomic E-state index is -3.33. The molecule has 0 saturated heterocycles. The molecule has 2 aromatic rings. The van der Waals surface area contributed by atoms with Gasteiger partial charge in [0, 0.05) is 4.88 Å². The van der Waals surface area contributed by atoms with Gasteiger partial charge in [-0.25, -0.2) is 8.42 Å². The third kappa shape index (κ3) is 2.79. The molecule has 0 spiro atoms. The fourth-order valence-electron chi connectivity index (χ4n) is 2.22.